The molecule has 5 nitrogen and oxygen atoms in total. The first-order valence-electron chi connectivity index (χ1n) is 6.31. The molecule has 1 aliphatic heterocycles. The van der Waals surface area contributed by atoms with Crippen molar-refractivity contribution in [3.8, 4) is 0 Å². The smallest absolute Gasteiger partial charge is 0.223 e. The molecule has 0 aromatic carbocycles. The Labute approximate surface area is 111 Å². The van der Waals surface area contributed by atoms with Crippen molar-refractivity contribution in [2.45, 2.75) is 13.8 Å². The number of rotatable bonds is 1. The van der Waals surface area contributed by atoms with Gasteiger partial charge in [-0.3, -0.25) is 0 Å². The largest absolute Gasteiger partial charge is 0.368 e. The Kier molecular flexibility index (Phi) is 4.33. The molecule has 1 saturated heterocycles. The van der Waals surface area contributed by atoms with Gasteiger partial charge in [-0.1, -0.05) is 13.8 Å². The van der Waals surface area contributed by atoms with Crippen molar-refractivity contribution in [1.82, 2.24) is 15.3 Å². The number of anilines is 2. The normalized spacial score (nSPS) is 15.3. The Morgan fingerprint density at radius 2 is 2.00 bits per heavy atom. The molecule has 2 aromatic rings. The fraction of sp³-hybridized carbons (Fsp3) is 0.500. The molecule has 6 heteroatoms. The van der Waals surface area contributed by atoms with Gasteiger partial charge in [0.05, 0.1) is 5.39 Å². The van der Waals surface area contributed by atoms with E-state index in [9.17, 15) is 0 Å². The van der Waals surface area contributed by atoms with E-state index in [-0.39, 0.29) is 0 Å². The second-order valence-electron chi connectivity index (χ2n) is 3.78. The molecule has 0 aliphatic carbocycles. The van der Waals surface area contributed by atoms with Gasteiger partial charge in [-0.25, -0.2) is 4.98 Å². The molecule has 0 radical (unpaired) electrons. The highest BCUT2D eigenvalue weighted by atomic mass is 32.1. The van der Waals surface area contributed by atoms with E-state index in [1.165, 1.54) is 0 Å². The standard InChI is InChI=1S/C10H13N5S.C2H6/c11-10-13-8(15-4-2-12-3-5-15)7-1-6-16-9(7)14-10;1-2/h1,6,12H,2-5H2,(H2,11,13,14);1-2H3. The van der Waals surface area contributed by atoms with Gasteiger partial charge in [0.1, 0.15) is 10.6 Å². The second-order valence-corrected chi connectivity index (χ2v) is 4.68. The topological polar surface area (TPSA) is 67.1 Å². The third-order valence-electron chi connectivity index (χ3n) is 2.74. The number of aromatic nitrogens is 2. The minimum absolute atomic E-state index is 0.364. The maximum absolute atomic E-state index is 5.73. The molecule has 0 atom stereocenters. The van der Waals surface area contributed by atoms with E-state index in [1.807, 2.05) is 19.2 Å². The lowest BCUT2D eigenvalue weighted by molar-refractivity contribution is 0.586. The first-order chi connectivity index (χ1) is 8.84. The van der Waals surface area contributed by atoms with Crippen molar-refractivity contribution in [3.05, 3.63) is 11.4 Å². The molecule has 2 aromatic heterocycles. The van der Waals surface area contributed by atoms with Gasteiger partial charge in [0.25, 0.3) is 0 Å². The van der Waals surface area contributed by atoms with E-state index in [2.05, 4.69) is 26.3 Å². The van der Waals surface area contributed by atoms with E-state index in [0.717, 1.165) is 42.2 Å². The van der Waals surface area contributed by atoms with Crippen LogP contribution < -0.4 is 16.0 Å². The van der Waals surface area contributed by atoms with Gasteiger partial charge >= 0.3 is 0 Å². The molecular weight excluding hydrogens is 246 g/mol. The Morgan fingerprint density at radius 3 is 2.72 bits per heavy atom. The van der Waals surface area contributed by atoms with Crippen LogP contribution in [0.5, 0.6) is 0 Å². The highest BCUT2D eigenvalue weighted by molar-refractivity contribution is 7.16. The molecule has 98 valence electrons. The molecule has 3 heterocycles. The van der Waals surface area contributed by atoms with Crippen molar-refractivity contribution in [1.29, 1.82) is 0 Å². The molecule has 18 heavy (non-hydrogen) atoms. The minimum atomic E-state index is 0.364. The molecule has 0 saturated carbocycles. The van der Waals surface area contributed by atoms with Crippen molar-refractivity contribution < 1.29 is 0 Å². The maximum atomic E-state index is 5.73. The molecule has 0 bridgehead atoms. The van der Waals surface area contributed by atoms with Crippen LogP contribution >= 0.6 is 11.3 Å². The molecule has 1 aliphatic rings. The molecule has 3 rings (SSSR count). The molecular formula is C12H19N5S. The lowest BCUT2D eigenvalue weighted by Gasteiger charge is -2.28. The quantitative estimate of drug-likeness (QED) is 0.821. The van der Waals surface area contributed by atoms with Gasteiger partial charge < -0.3 is 16.0 Å². The van der Waals surface area contributed by atoms with Crippen LogP contribution in [0.3, 0.4) is 0 Å². The summed E-state index contributed by atoms with van der Waals surface area (Å²) in [7, 11) is 0. The summed E-state index contributed by atoms with van der Waals surface area (Å²) in [6.45, 7) is 7.94. The third-order valence-corrected chi connectivity index (χ3v) is 3.55. The lowest BCUT2D eigenvalue weighted by Crippen LogP contribution is -2.44. The van der Waals surface area contributed by atoms with Gasteiger partial charge in [0.15, 0.2) is 0 Å². The predicted octanol–water partition coefficient (Wildman–Crippen LogP) is 1.71. The van der Waals surface area contributed by atoms with Crippen LogP contribution in [0.1, 0.15) is 13.8 Å². The number of hydrogen-bond acceptors (Lipinski definition) is 6. The maximum Gasteiger partial charge on any atom is 0.223 e. The summed E-state index contributed by atoms with van der Waals surface area (Å²) in [5, 5.41) is 6.47. The zero-order valence-corrected chi connectivity index (χ0v) is 11.6. The molecule has 0 unspecified atom stereocenters. The van der Waals surface area contributed by atoms with Crippen molar-refractivity contribution in [2.24, 2.45) is 0 Å². The average molecular weight is 265 g/mol. The molecule has 0 spiro atoms. The van der Waals surface area contributed by atoms with Gasteiger partial charge in [-0.05, 0) is 11.4 Å². The van der Waals surface area contributed by atoms with Gasteiger partial charge in [-0.2, -0.15) is 4.98 Å². The number of hydrogen-bond donors (Lipinski definition) is 2. The number of nitrogens with two attached hydrogens (primary N) is 1. The lowest BCUT2D eigenvalue weighted by atomic mass is 10.3. The van der Waals surface area contributed by atoms with Crippen LogP contribution in [0, 0.1) is 0 Å². The summed E-state index contributed by atoms with van der Waals surface area (Å²) >= 11 is 1.61. The average Bonchev–Trinajstić information content (AvgIpc) is 2.89. The Balaban J connectivity index is 0.000000574. The third kappa shape index (κ3) is 2.54. The van der Waals surface area contributed by atoms with Crippen LogP contribution in [0.15, 0.2) is 11.4 Å². The van der Waals surface area contributed by atoms with E-state index in [4.69, 9.17) is 5.73 Å². The fourth-order valence-corrected chi connectivity index (χ4v) is 2.74. The van der Waals surface area contributed by atoms with Crippen molar-refractivity contribution >= 4 is 33.3 Å². The number of nitrogen functional groups attached to an aromatic ring is 1. The first kappa shape index (κ1) is 13.0. The zero-order valence-electron chi connectivity index (χ0n) is 10.8. The highest BCUT2D eigenvalue weighted by Gasteiger charge is 2.16. The predicted molar refractivity (Wildman–Crippen MR) is 78.3 cm³/mol. The van der Waals surface area contributed by atoms with Crippen molar-refractivity contribution in [2.75, 3.05) is 36.8 Å². The highest BCUT2D eigenvalue weighted by Crippen LogP contribution is 2.28. The van der Waals surface area contributed by atoms with Gasteiger partial charge in [0.2, 0.25) is 5.95 Å². The fourth-order valence-electron chi connectivity index (χ4n) is 1.97. The van der Waals surface area contributed by atoms with E-state index in [0.29, 0.717) is 5.95 Å². The van der Waals surface area contributed by atoms with Crippen molar-refractivity contribution in [3.63, 3.8) is 0 Å². The summed E-state index contributed by atoms with van der Waals surface area (Å²) in [5.74, 6) is 1.34. The van der Waals surface area contributed by atoms with Crippen LogP contribution in [-0.4, -0.2) is 36.1 Å². The number of piperazine rings is 1. The second kappa shape index (κ2) is 5.97. The van der Waals surface area contributed by atoms with E-state index >= 15 is 0 Å². The minimum Gasteiger partial charge on any atom is -0.368 e. The van der Waals surface area contributed by atoms with Gasteiger partial charge in [-0.15, -0.1) is 11.3 Å². The molecule has 0 amide bonds. The van der Waals surface area contributed by atoms with Gasteiger partial charge in [0, 0.05) is 26.2 Å². The summed E-state index contributed by atoms with van der Waals surface area (Å²) < 4.78 is 0. The summed E-state index contributed by atoms with van der Waals surface area (Å²) in [6.07, 6.45) is 0. The number of nitrogens with one attached hydrogen (secondary N) is 1. The molecule has 1 fully saturated rings. The number of thiophene rings is 1. The number of nitrogens with zero attached hydrogens (tertiary/aromatic N) is 3. The van der Waals surface area contributed by atoms with Crippen LogP contribution in [0.4, 0.5) is 11.8 Å². The monoisotopic (exact) mass is 265 g/mol. The zero-order chi connectivity index (χ0) is 13.0. The number of fused-ring (bicyclic) bond motifs is 1. The van der Waals surface area contributed by atoms with E-state index < -0.39 is 0 Å². The summed E-state index contributed by atoms with van der Waals surface area (Å²) in [4.78, 5) is 11.8. The summed E-state index contributed by atoms with van der Waals surface area (Å²) in [6, 6.07) is 2.07. The Morgan fingerprint density at radius 1 is 1.28 bits per heavy atom. The Hall–Kier alpha value is -1.40. The van der Waals surface area contributed by atoms with E-state index in [1.54, 1.807) is 11.3 Å². The summed E-state index contributed by atoms with van der Waals surface area (Å²) in [5.41, 5.74) is 5.73. The first-order valence-corrected chi connectivity index (χ1v) is 7.19. The van der Waals surface area contributed by atoms with Crippen LogP contribution in [-0.2, 0) is 0 Å². The van der Waals surface area contributed by atoms with Crippen LogP contribution in [0.2, 0.25) is 0 Å². The molecule has 3 N–H and O–H groups in total. The Bertz CT molecular complexity index is 504. The SMILES string of the molecule is CC.Nc1nc(N2CCNCC2)c2ccsc2n1. The van der Waals surface area contributed by atoms with Crippen LogP contribution in [0.25, 0.3) is 10.2 Å².